The van der Waals surface area contributed by atoms with Gasteiger partial charge in [-0.1, -0.05) is 23.2 Å². The molecule has 0 aliphatic rings. The van der Waals surface area contributed by atoms with Crippen molar-refractivity contribution in [2.24, 2.45) is 0 Å². The van der Waals surface area contributed by atoms with Gasteiger partial charge in [-0.25, -0.2) is 8.78 Å². The zero-order valence-corrected chi connectivity index (χ0v) is 12.7. The highest BCUT2D eigenvalue weighted by molar-refractivity contribution is 7.85. The Morgan fingerprint density at radius 1 is 1.05 bits per heavy atom. The van der Waals surface area contributed by atoms with E-state index in [0.29, 0.717) is 5.02 Å². The molecule has 0 saturated heterocycles. The van der Waals surface area contributed by atoms with Crippen LogP contribution in [-0.4, -0.2) is 15.7 Å². The summed E-state index contributed by atoms with van der Waals surface area (Å²) in [6.45, 7) is 0. The third-order valence-corrected chi connectivity index (χ3v) is 4.50. The quantitative estimate of drug-likeness (QED) is 0.773. The second-order valence-electron chi connectivity index (χ2n) is 4.11. The van der Waals surface area contributed by atoms with E-state index in [-0.39, 0.29) is 21.2 Å². The van der Waals surface area contributed by atoms with Crippen molar-refractivity contribution >= 4 is 39.8 Å². The normalized spacial score (nSPS) is 12.2. The lowest BCUT2D eigenvalue weighted by Gasteiger charge is -2.05. The summed E-state index contributed by atoms with van der Waals surface area (Å²) in [6, 6.07) is 7.16. The van der Waals surface area contributed by atoms with Crippen LogP contribution >= 0.6 is 23.2 Å². The summed E-state index contributed by atoms with van der Waals surface area (Å²) in [5.74, 6) is -3.01. The van der Waals surface area contributed by atoms with Gasteiger partial charge < -0.3 is 0 Å². The van der Waals surface area contributed by atoms with Crippen LogP contribution in [-0.2, 0) is 10.8 Å². The number of carbonyl (C=O) groups is 1. The van der Waals surface area contributed by atoms with Crippen LogP contribution in [0.2, 0.25) is 10.0 Å². The van der Waals surface area contributed by atoms with Gasteiger partial charge in [-0.2, -0.15) is 0 Å². The third-order valence-electron chi connectivity index (χ3n) is 2.65. The summed E-state index contributed by atoms with van der Waals surface area (Å²) >= 11 is 11.6. The molecule has 110 valence electrons. The number of benzene rings is 2. The molecule has 0 N–H and O–H groups in total. The molecular weight excluding hydrogens is 341 g/mol. The molecule has 0 heterocycles. The molecule has 0 saturated carbocycles. The summed E-state index contributed by atoms with van der Waals surface area (Å²) in [5, 5.41) is 0.521. The van der Waals surface area contributed by atoms with Crippen molar-refractivity contribution in [1.29, 1.82) is 0 Å². The van der Waals surface area contributed by atoms with Crippen LogP contribution in [0.25, 0.3) is 0 Å². The van der Waals surface area contributed by atoms with Crippen LogP contribution in [0.15, 0.2) is 41.3 Å². The van der Waals surface area contributed by atoms with Gasteiger partial charge in [-0.05, 0) is 36.4 Å². The molecule has 0 radical (unpaired) electrons. The highest BCUT2D eigenvalue weighted by Gasteiger charge is 2.16. The topological polar surface area (TPSA) is 34.1 Å². The average Bonchev–Trinajstić information content (AvgIpc) is 2.41. The standard InChI is InChI=1S/C14H8Cl2F2O2S/c15-8-1-3-10(11(16)5-8)14(19)7-21(20)9-2-4-12(17)13(18)6-9/h1-6H,7H2. The largest absolute Gasteiger partial charge is 0.293 e. The van der Waals surface area contributed by atoms with Crippen molar-refractivity contribution < 1.29 is 17.8 Å². The van der Waals surface area contributed by atoms with Crippen LogP contribution in [0.5, 0.6) is 0 Å². The first-order chi connectivity index (χ1) is 9.88. The highest BCUT2D eigenvalue weighted by Crippen LogP contribution is 2.22. The molecule has 2 aromatic carbocycles. The fraction of sp³-hybridized carbons (Fsp3) is 0.0714. The summed E-state index contributed by atoms with van der Waals surface area (Å²) in [6.07, 6.45) is 0. The molecule has 0 amide bonds. The lowest BCUT2D eigenvalue weighted by molar-refractivity contribution is 0.102. The summed E-state index contributed by atoms with van der Waals surface area (Å²) < 4.78 is 37.9. The van der Waals surface area contributed by atoms with Crippen LogP contribution in [0.4, 0.5) is 8.78 Å². The van der Waals surface area contributed by atoms with Crippen molar-refractivity contribution in [1.82, 2.24) is 0 Å². The lowest BCUT2D eigenvalue weighted by Crippen LogP contribution is -2.12. The Labute approximate surface area is 132 Å². The average molecular weight is 349 g/mol. The molecule has 0 aliphatic heterocycles. The van der Waals surface area contributed by atoms with Crippen molar-refractivity contribution in [3.8, 4) is 0 Å². The molecule has 1 unspecified atom stereocenters. The minimum Gasteiger partial charge on any atom is -0.293 e. The fourth-order valence-corrected chi connectivity index (χ4v) is 3.14. The van der Waals surface area contributed by atoms with Crippen LogP contribution < -0.4 is 0 Å². The Bertz CT molecular complexity index is 735. The Morgan fingerprint density at radius 3 is 2.38 bits per heavy atom. The molecule has 0 bridgehead atoms. The Kier molecular flexibility index (Phi) is 5.08. The minimum atomic E-state index is -1.79. The number of hydrogen-bond donors (Lipinski definition) is 0. The monoisotopic (exact) mass is 348 g/mol. The zero-order chi connectivity index (χ0) is 15.6. The van der Waals surface area contributed by atoms with Gasteiger partial charge in [0.15, 0.2) is 17.4 Å². The molecule has 2 rings (SSSR count). The van der Waals surface area contributed by atoms with Gasteiger partial charge in [0, 0.05) is 15.5 Å². The molecule has 0 aliphatic carbocycles. The highest BCUT2D eigenvalue weighted by atomic mass is 35.5. The summed E-state index contributed by atoms with van der Waals surface area (Å²) in [7, 11) is -1.79. The number of Topliss-reactive ketones (excluding diaryl/α,β-unsaturated/α-hetero) is 1. The van der Waals surface area contributed by atoms with Crippen LogP contribution in [0, 0.1) is 11.6 Å². The van der Waals surface area contributed by atoms with Crippen LogP contribution in [0.1, 0.15) is 10.4 Å². The maximum Gasteiger partial charge on any atom is 0.177 e. The van der Waals surface area contributed by atoms with Gasteiger partial charge in [0.25, 0.3) is 0 Å². The molecular formula is C14H8Cl2F2O2S. The number of ketones is 1. The van der Waals surface area contributed by atoms with Gasteiger partial charge in [0.05, 0.1) is 21.6 Å². The van der Waals surface area contributed by atoms with E-state index in [1.165, 1.54) is 24.3 Å². The van der Waals surface area contributed by atoms with Gasteiger partial charge in [0.1, 0.15) is 0 Å². The molecule has 0 fully saturated rings. The van der Waals surface area contributed by atoms with Gasteiger partial charge in [-0.15, -0.1) is 0 Å². The second-order valence-corrected chi connectivity index (χ2v) is 6.41. The lowest BCUT2D eigenvalue weighted by atomic mass is 10.1. The van der Waals surface area contributed by atoms with Crippen molar-refractivity contribution in [2.75, 3.05) is 5.75 Å². The summed E-state index contributed by atoms with van der Waals surface area (Å²) in [4.78, 5) is 12.1. The van der Waals surface area contributed by atoms with E-state index in [9.17, 15) is 17.8 Å². The van der Waals surface area contributed by atoms with E-state index in [1.807, 2.05) is 0 Å². The predicted molar refractivity (Wildman–Crippen MR) is 78.4 cm³/mol. The fourth-order valence-electron chi connectivity index (χ4n) is 1.61. The predicted octanol–water partition coefficient (Wildman–Crippen LogP) is 4.26. The maximum atomic E-state index is 13.1. The molecule has 7 heteroatoms. The number of rotatable bonds is 4. The maximum absolute atomic E-state index is 13.1. The van der Waals surface area contributed by atoms with Crippen molar-refractivity contribution in [3.05, 3.63) is 63.6 Å². The molecule has 1 atom stereocenters. The number of halogens is 4. The van der Waals surface area contributed by atoms with E-state index in [2.05, 4.69) is 0 Å². The summed E-state index contributed by atoms with van der Waals surface area (Å²) in [5.41, 5.74) is 0.178. The van der Waals surface area contributed by atoms with E-state index in [4.69, 9.17) is 23.2 Å². The molecule has 2 aromatic rings. The van der Waals surface area contributed by atoms with Gasteiger partial charge in [0.2, 0.25) is 0 Å². The third kappa shape index (κ3) is 3.87. The van der Waals surface area contributed by atoms with Crippen LogP contribution in [0.3, 0.4) is 0 Å². The van der Waals surface area contributed by atoms with Crippen molar-refractivity contribution in [2.45, 2.75) is 4.90 Å². The van der Waals surface area contributed by atoms with Gasteiger partial charge >= 0.3 is 0 Å². The number of hydrogen-bond acceptors (Lipinski definition) is 2. The van der Waals surface area contributed by atoms with Crippen molar-refractivity contribution in [3.63, 3.8) is 0 Å². The molecule has 21 heavy (non-hydrogen) atoms. The molecule has 2 nitrogen and oxygen atoms in total. The number of carbonyl (C=O) groups excluding carboxylic acids is 1. The zero-order valence-electron chi connectivity index (χ0n) is 10.4. The van der Waals surface area contributed by atoms with E-state index in [1.54, 1.807) is 0 Å². The first-order valence-electron chi connectivity index (χ1n) is 5.70. The second kappa shape index (κ2) is 6.64. The first kappa shape index (κ1) is 16.1. The Balaban J connectivity index is 2.18. The smallest absolute Gasteiger partial charge is 0.177 e. The van der Waals surface area contributed by atoms with E-state index in [0.717, 1.165) is 12.1 Å². The molecule has 0 aromatic heterocycles. The SMILES string of the molecule is O=C(CS(=O)c1ccc(F)c(F)c1)c1ccc(Cl)cc1Cl. The Morgan fingerprint density at radius 2 is 1.76 bits per heavy atom. The van der Waals surface area contributed by atoms with Gasteiger partial charge in [-0.3, -0.25) is 9.00 Å². The Hall–Kier alpha value is -1.30. The minimum absolute atomic E-state index is 0.0346. The molecule has 0 spiro atoms. The van der Waals surface area contributed by atoms with E-state index < -0.39 is 28.2 Å². The first-order valence-corrected chi connectivity index (χ1v) is 7.77. The van der Waals surface area contributed by atoms with E-state index >= 15 is 0 Å².